The van der Waals surface area contributed by atoms with Gasteiger partial charge >= 0.3 is 5.76 Å². The van der Waals surface area contributed by atoms with Crippen molar-refractivity contribution >= 4 is 39.1 Å². The number of nitrogens with one attached hydrogen (secondary N) is 2. The smallest absolute Gasteiger partial charge is 0.391 e. The second-order valence-corrected chi connectivity index (χ2v) is 9.86. The van der Waals surface area contributed by atoms with Crippen LogP contribution in [-0.2, 0) is 10.0 Å². The molecule has 2 aromatic carbocycles. The van der Waals surface area contributed by atoms with E-state index in [0.29, 0.717) is 5.56 Å². The molecule has 0 aliphatic heterocycles. The van der Waals surface area contributed by atoms with Gasteiger partial charge in [-0.25, -0.2) is 22.7 Å². The molecule has 176 valence electrons. The van der Waals surface area contributed by atoms with E-state index in [2.05, 4.69) is 14.9 Å². The number of aromatic amines is 1. The molecule has 0 fully saturated rings. The minimum absolute atomic E-state index is 0.00609. The van der Waals surface area contributed by atoms with E-state index in [1.165, 1.54) is 13.0 Å². The van der Waals surface area contributed by atoms with Gasteiger partial charge in [0.1, 0.15) is 16.8 Å². The van der Waals surface area contributed by atoms with Crippen molar-refractivity contribution in [3.63, 3.8) is 0 Å². The van der Waals surface area contributed by atoms with Gasteiger partial charge < -0.3 is 10.2 Å². The van der Waals surface area contributed by atoms with Gasteiger partial charge in [0, 0.05) is 10.9 Å². The number of rotatable bonds is 7. The van der Waals surface area contributed by atoms with Gasteiger partial charge in [-0.05, 0) is 48.7 Å². The third-order valence-corrected chi connectivity index (χ3v) is 7.40. The van der Waals surface area contributed by atoms with Crippen molar-refractivity contribution in [2.24, 2.45) is 5.73 Å². The van der Waals surface area contributed by atoms with Gasteiger partial charge in [-0.2, -0.15) is 4.72 Å². The second kappa shape index (κ2) is 9.26. The Morgan fingerprint density at radius 3 is 2.52 bits per heavy atom. The van der Waals surface area contributed by atoms with E-state index >= 15 is 0 Å². The Kier molecular flexibility index (Phi) is 6.99. The lowest BCUT2D eigenvalue weighted by molar-refractivity contribution is 0.0997. The highest BCUT2D eigenvalue weighted by atomic mass is 35.5. The molecule has 0 saturated carbocycles. The van der Waals surface area contributed by atoms with E-state index in [1.807, 2.05) is 0 Å². The molecule has 33 heavy (non-hydrogen) atoms. The standard InChI is InChI=1S/C20H19Cl2FN4O5S/c1-8-4-5-14(23)15(9(8)2)10(3)16(19-25-26-20(29)32-19)27-33(30,31)17-12(18(24)28)6-11(21)7-13(17)22/h4-7,10,16,27H,1-3H3,(H2,24,28)(H,26,29)/t10-,16+/m1/s1. The van der Waals surface area contributed by atoms with Crippen molar-refractivity contribution < 1.29 is 22.0 Å². The Labute approximate surface area is 198 Å². The number of aromatic nitrogens is 2. The van der Waals surface area contributed by atoms with Gasteiger partial charge in [0.05, 0.1) is 10.6 Å². The summed E-state index contributed by atoms with van der Waals surface area (Å²) in [7, 11) is -4.59. The Hall–Kier alpha value is -2.73. The number of sulfonamides is 1. The molecule has 0 unspecified atom stereocenters. The summed E-state index contributed by atoms with van der Waals surface area (Å²) in [4.78, 5) is 22.9. The first kappa shape index (κ1) is 24.9. The summed E-state index contributed by atoms with van der Waals surface area (Å²) in [5.41, 5.74) is 6.40. The third kappa shape index (κ3) is 4.96. The zero-order chi connectivity index (χ0) is 24.7. The zero-order valence-electron chi connectivity index (χ0n) is 17.6. The van der Waals surface area contributed by atoms with Crippen LogP contribution >= 0.6 is 23.2 Å². The fraction of sp³-hybridized carbons (Fsp3) is 0.250. The summed E-state index contributed by atoms with van der Waals surface area (Å²) in [6, 6.07) is 3.66. The number of amides is 1. The number of hydrogen-bond acceptors (Lipinski definition) is 6. The first-order valence-corrected chi connectivity index (χ1v) is 11.7. The summed E-state index contributed by atoms with van der Waals surface area (Å²) >= 11 is 12.0. The molecule has 0 bridgehead atoms. The minimum atomic E-state index is -4.59. The average molecular weight is 517 g/mol. The molecular weight excluding hydrogens is 498 g/mol. The number of halogens is 3. The number of primary amides is 1. The summed E-state index contributed by atoms with van der Waals surface area (Å²) in [5.74, 6) is -3.87. The average Bonchev–Trinajstić information content (AvgIpc) is 3.14. The largest absolute Gasteiger partial charge is 0.434 e. The van der Waals surface area contributed by atoms with Crippen LogP contribution < -0.4 is 16.2 Å². The van der Waals surface area contributed by atoms with E-state index < -0.39 is 49.9 Å². The number of H-pyrrole nitrogens is 1. The Bertz CT molecular complexity index is 1400. The first-order chi connectivity index (χ1) is 15.3. The fourth-order valence-corrected chi connectivity index (χ4v) is 5.83. The lowest BCUT2D eigenvalue weighted by atomic mass is 9.88. The second-order valence-electron chi connectivity index (χ2n) is 7.37. The predicted molar refractivity (Wildman–Crippen MR) is 119 cm³/mol. The lowest BCUT2D eigenvalue weighted by Gasteiger charge is -2.25. The van der Waals surface area contributed by atoms with Crippen molar-refractivity contribution in [2.45, 2.75) is 37.6 Å². The molecule has 1 aromatic heterocycles. The zero-order valence-corrected chi connectivity index (χ0v) is 19.9. The first-order valence-electron chi connectivity index (χ1n) is 9.45. The molecule has 9 nitrogen and oxygen atoms in total. The minimum Gasteiger partial charge on any atom is -0.391 e. The SMILES string of the molecule is Cc1ccc(F)c([C@@H](C)[C@H](NS(=O)(=O)c2c(Cl)cc(Cl)cc2C(N)=O)c2n[nH]c(=O)o2)c1C. The maximum atomic E-state index is 14.8. The molecule has 3 rings (SSSR count). The number of benzene rings is 2. The quantitative estimate of drug-likeness (QED) is 0.438. The molecule has 3 aromatic rings. The van der Waals surface area contributed by atoms with E-state index in [9.17, 15) is 22.4 Å². The van der Waals surface area contributed by atoms with Gasteiger partial charge in [0.15, 0.2) is 0 Å². The topological polar surface area (TPSA) is 148 Å². The molecule has 2 atom stereocenters. The molecule has 0 aliphatic rings. The van der Waals surface area contributed by atoms with Crippen LogP contribution in [0.2, 0.25) is 10.0 Å². The van der Waals surface area contributed by atoms with Gasteiger partial charge in [-0.3, -0.25) is 4.79 Å². The molecule has 4 N–H and O–H groups in total. The van der Waals surface area contributed by atoms with E-state index in [0.717, 1.165) is 17.7 Å². The normalized spacial score (nSPS) is 13.6. The highest BCUT2D eigenvalue weighted by molar-refractivity contribution is 7.89. The number of nitrogens with zero attached hydrogens (tertiary/aromatic N) is 1. The van der Waals surface area contributed by atoms with Crippen LogP contribution in [0, 0.1) is 19.7 Å². The molecule has 13 heteroatoms. The van der Waals surface area contributed by atoms with Gasteiger partial charge in [-0.15, -0.1) is 5.10 Å². The van der Waals surface area contributed by atoms with Crippen molar-refractivity contribution in [1.29, 1.82) is 0 Å². The summed E-state index contributed by atoms with van der Waals surface area (Å²) in [6.07, 6.45) is 0. The maximum Gasteiger partial charge on any atom is 0.434 e. The molecule has 1 heterocycles. The van der Waals surface area contributed by atoms with Crippen LogP contribution in [0.5, 0.6) is 0 Å². The van der Waals surface area contributed by atoms with Gasteiger partial charge in [-0.1, -0.05) is 36.2 Å². The van der Waals surface area contributed by atoms with Crippen molar-refractivity contribution in [2.75, 3.05) is 0 Å². The van der Waals surface area contributed by atoms with Crippen LogP contribution in [0.4, 0.5) is 4.39 Å². The number of hydrogen-bond donors (Lipinski definition) is 3. The van der Waals surface area contributed by atoms with E-state index in [4.69, 9.17) is 33.4 Å². The molecule has 0 aliphatic carbocycles. The molecule has 1 amide bonds. The van der Waals surface area contributed by atoms with Crippen LogP contribution in [0.15, 0.2) is 38.4 Å². The molecule has 0 saturated heterocycles. The lowest BCUT2D eigenvalue weighted by Crippen LogP contribution is -2.34. The summed E-state index contributed by atoms with van der Waals surface area (Å²) < 4.78 is 48.8. The monoisotopic (exact) mass is 516 g/mol. The van der Waals surface area contributed by atoms with Crippen LogP contribution in [0.1, 0.15) is 51.8 Å². The molecule has 0 radical (unpaired) electrons. The van der Waals surface area contributed by atoms with Crippen molar-refractivity contribution in [1.82, 2.24) is 14.9 Å². The Morgan fingerprint density at radius 1 is 1.27 bits per heavy atom. The van der Waals surface area contributed by atoms with Crippen LogP contribution in [0.3, 0.4) is 0 Å². The van der Waals surface area contributed by atoms with Crippen LogP contribution in [-0.4, -0.2) is 24.5 Å². The number of carbonyl (C=O) groups is 1. The highest BCUT2D eigenvalue weighted by Gasteiger charge is 2.35. The Balaban J connectivity index is 2.19. The Morgan fingerprint density at radius 2 is 1.94 bits per heavy atom. The van der Waals surface area contributed by atoms with E-state index in [1.54, 1.807) is 19.9 Å². The fourth-order valence-electron chi connectivity index (χ4n) is 3.51. The maximum absolute atomic E-state index is 14.8. The van der Waals surface area contributed by atoms with E-state index in [-0.39, 0.29) is 21.5 Å². The number of aryl methyl sites for hydroxylation is 1. The molecular formula is C20H19Cl2FN4O5S. The number of nitrogens with two attached hydrogens (primary N) is 1. The third-order valence-electron chi connectivity index (χ3n) is 5.23. The van der Waals surface area contributed by atoms with Gasteiger partial charge in [0.25, 0.3) is 0 Å². The summed E-state index contributed by atoms with van der Waals surface area (Å²) in [5, 5.41) is 5.40. The molecule has 0 spiro atoms. The predicted octanol–water partition coefficient (Wildman–Crippen LogP) is 3.35. The van der Waals surface area contributed by atoms with Crippen LogP contribution in [0.25, 0.3) is 0 Å². The summed E-state index contributed by atoms with van der Waals surface area (Å²) in [6.45, 7) is 4.98. The highest BCUT2D eigenvalue weighted by Crippen LogP contribution is 2.37. The number of carbonyl (C=O) groups excluding carboxylic acids is 1. The van der Waals surface area contributed by atoms with Crippen molar-refractivity contribution in [3.05, 3.63) is 78.8 Å². The van der Waals surface area contributed by atoms with Crippen molar-refractivity contribution in [3.8, 4) is 0 Å². The van der Waals surface area contributed by atoms with Gasteiger partial charge in [0.2, 0.25) is 21.8 Å².